The second kappa shape index (κ2) is 6.89. The highest BCUT2D eigenvalue weighted by molar-refractivity contribution is 8.14. The van der Waals surface area contributed by atoms with Crippen LogP contribution in [0.1, 0.15) is 36.9 Å². The molecule has 1 aromatic carbocycles. The number of hydrogen-bond donors (Lipinski definition) is 0. The first-order valence-electron chi connectivity index (χ1n) is 9.40. The van der Waals surface area contributed by atoms with Crippen molar-refractivity contribution in [1.82, 2.24) is 9.88 Å². The number of pyridine rings is 1. The van der Waals surface area contributed by atoms with E-state index in [0.29, 0.717) is 6.04 Å². The summed E-state index contributed by atoms with van der Waals surface area (Å²) in [6, 6.07) is 21.0. The zero-order valence-electron chi connectivity index (χ0n) is 15.2. The molecular formula is C22H21N3OS. The smallest absolute Gasteiger partial charge is 0.161 e. The quantitative estimate of drug-likeness (QED) is 0.619. The number of benzene rings is 1. The maximum Gasteiger partial charge on any atom is 0.161 e. The van der Waals surface area contributed by atoms with E-state index in [1.165, 1.54) is 0 Å². The fraction of sp³-hybridized carbons (Fsp3) is 0.273. The summed E-state index contributed by atoms with van der Waals surface area (Å²) in [6.45, 7) is 2.25. The van der Waals surface area contributed by atoms with Crippen molar-refractivity contribution in [2.45, 2.75) is 31.5 Å². The summed E-state index contributed by atoms with van der Waals surface area (Å²) < 4.78 is 6.35. The minimum absolute atomic E-state index is 0.0298. The molecule has 136 valence electrons. The fourth-order valence-corrected chi connectivity index (χ4v) is 5.27. The molecule has 5 rings (SSSR count). The monoisotopic (exact) mass is 375 g/mol. The Labute approximate surface area is 163 Å². The third-order valence-electron chi connectivity index (χ3n) is 5.31. The number of amidine groups is 1. The highest BCUT2D eigenvalue weighted by atomic mass is 32.2. The average Bonchev–Trinajstić information content (AvgIpc) is 3.44. The summed E-state index contributed by atoms with van der Waals surface area (Å²) in [5, 5.41) is 1.13. The molecule has 5 heteroatoms. The van der Waals surface area contributed by atoms with E-state index in [4.69, 9.17) is 9.41 Å². The van der Waals surface area contributed by atoms with Crippen molar-refractivity contribution in [3.63, 3.8) is 0 Å². The van der Waals surface area contributed by atoms with Crippen LogP contribution in [0.4, 0.5) is 0 Å². The number of nitrogens with zero attached hydrogens (tertiary/aromatic N) is 3. The molecule has 3 atom stereocenters. The van der Waals surface area contributed by atoms with E-state index in [-0.39, 0.29) is 12.1 Å². The predicted octanol–water partition coefficient (Wildman–Crippen LogP) is 5.32. The van der Waals surface area contributed by atoms with E-state index in [2.05, 4.69) is 47.1 Å². The van der Waals surface area contributed by atoms with Crippen LogP contribution in [0.5, 0.6) is 0 Å². The lowest BCUT2D eigenvalue weighted by Gasteiger charge is -2.30. The maximum atomic E-state index is 6.35. The van der Waals surface area contributed by atoms with Gasteiger partial charge in [-0.25, -0.2) is 4.99 Å². The van der Waals surface area contributed by atoms with Gasteiger partial charge in [-0.3, -0.25) is 4.98 Å². The van der Waals surface area contributed by atoms with Gasteiger partial charge in [-0.2, -0.15) is 0 Å². The van der Waals surface area contributed by atoms with Gasteiger partial charge in [0, 0.05) is 23.6 Å². The largest absolute Gasteiger partial charge is 0.459 e. The van der Waals surface area contributed by atoms with Crippen molar-refractivity contribution in [3.05, 3.63) is 78.3 Å². The topological polar surface area (TPSA) is 41.6 Å². The van der Waals surface area contributed by atoms with Gasteiger partial charge in [0.25, 0.3) is 0 Å². The van der Waals surface area contributed by atoms with E-state index >= 15 is 0 Å². The third-order valence-corrected chi connectivity index (χ3v) is 6.43. The second-order valence-electron chi connectivity index (χ2n) is 6.90. The minimum atomic E-state index is -0.0298. The lowest BCUT2D eigenvalue weighted by atomic mass is 10.0. The first-order chi connectivity index (χ1) is 13.3. The van der Waals surface area contributed by atoms with Gasteiger partial charge in [0.1, 0.15) is 23.6 Å². The molecule has 0 bridgehead atoms. The van der Waals surface area contributed by atoms with Gasteiger partial charge < -0.3 is 9.32 Å². The van der Waals surface area contributed by atoms with E-state index in [0.717, 1.165) is 40.1 Å². The highest BCUT2D eigenvalue weighted by Crippen LogP contribution is 2.49. The first-order valence-corrected chi connectivity index (χ1v) is 10.4. The fourth-order valence-electron chi connectivity index (χ4n) is 3.93. The van der Waals surface area contributed by atoms with Crippen molar-refractivity contribution in [2.75, 3.05) is 5.75 Å². The van der Waals surface area contributed by atoms with Crippen LogP contribution in [0.2, 0.25) is 0 Å². The number of rotatable bonds is 4. The number of aromatic nitrogens is 1. The summed E-state index contributed by atoms with van der Waals surface area (Å²) in [5.74, 6) is 2.95. The Balaban J connectivity index is 1.56. The van der Waals surface area contributed by atoms with Gasteiger partial charge in [-0.05, 0) is 30.7 Å². The van der Waals surface area contributed by atoms with Crippen LogP contribution in [0.3, 0.4) is 0 Å². The molecule has 0 saturated carbocycles. The second-order valence-corrected chi connectivity index (χ2v) is 7.89. The molecule has 3 aromatic rings. The Bertz CT molecular complexity index is 954. The van der Waals surface area contributed by atoms with Crippen molar-refractivity contribution >= 4 is 16.9 Å². The number of thioether (sulfide) groups is 1. The first kappa shape index (κ1) is 16.6. The molecule has 4 heterocycles. The van der Waals surface area contributed by atoms with Gasteiger partial charge in [-0.1, -0.05) is 55.1 Å². The Morgan fingerprint density at radius 1 is 1.07 bits per heavy atom. The van der Waals surface area contributed by atoms with E-state index in [1.807, 2.05) is 48.3 Å². The Morgan fingerprint density at radius 3 is 2.70 bits per heavy atom. The molecule has 1 saturated heterocycles. The van der Waals surface area contributed by atoms with E-state index in [9.17, 15) is 0 Å². The molecule has 27 heavy (non-hydrogen) atoms. The standard InChI is InChI=1S/C22H21N3OS/c1-2-16-14-27-22-24-20(17-10-6-7-13-23-17)21(25(16)22)19-12-11-18(26-19)15-8-4-3-5-9-15/h3-13,16,20-21H,2,14H2,1H3/t16-,20+,21-/m1/s1. The van der Waals surface area contributed by atoms with Gasteiger partial charge in [0.2, 0.25) is 0 Å². The Morgan fingerprint density at radius 2 is 1.93 bits per heavy atom. The van der Waals surface area contributed by atoms with Crippen molar-refractivity contribution < 1.29 is 4.42 Å². The summed E-state index contributed by atoms with van der Waals surface area (Å²) >= 11 is 1.85. The van der Waals surface area contributed by atoms with Gasteiger partial charge in [-0.15, -0.1) is 0 Å². The van der Waals surface area contributed by atoms with Gasteiger partial charge >= 0.3 is 0 Å². The summed E-state index contributed by atoms with van der Waals surface area (Å²) in [7, 11) is 0. The maximum absolute atomic E-state index is 6.35. The SMILES string of the molecule is CC[C@@H]1CSC2=N[C@@H](c3ccccn3)[C@@H](c3ccc(-c4ccccc4)o3)N21. The van der Waals surface area contributed by atoms with Crippen molar-refractivity contribution in [2.24, 2.45) is 4.99 Å². The van der Waals surface area contributed by atoms with Crippen LogP contribution in [-0.4, -0.2) is 26.8 Å². The zero-order chi connectivity index (χ0) is 18.2. The molecule has 2 aromatic heterocycles. The van der Waals surface area contributed by atoms with Crippen molar-refractivity contribution in [1.29, 1.82) is 0 Å². The molecule has 0 aliphatic carbocycles. The van der Waals surface area contributed by atoms with E-state index in [1.54, 1.807) is 0 Å². The van der Waals surface area contributed by atoms with Crippen LogP contribution in [-0.2, 0) is 0 Å². The van der Waals surface area contributed by atoms with Crippen LogP contribution in [0.25, 0.3) is 11.3 Å². The molecule has 0 unspecified atom stereocenters. The number of hydrogen-bond acceptors (Lipinski definition) is 5. The summed E-state index contributed by atoms with van der Waals surface area (Å²) in [4.78, 5) is 12.1. The third kappa shape index (κ3) is 2.86. The lowest BCUT2D eigenvalue weighted by Crippen LogP contribution is -2.35. The van der Waals surface area contributed by atoms with Gasteiger partial charge in [0.15, 0.2) is 5.17 Å². The average molecular weight is 375 g/mol. The predicted molar refractivity (Wildman–Crippen MR) is 110 cm³/mol. The summed E-state index contributed by atoms with van der Waals surface area (Å²) in [5.41, 5.74) is 2.10. The Kier molecular flexibility index (Phi) is 4.24. The molecule has 0 N–H and O–H groups in total. The minimum Gasteiger partial charge on any atom is -0.459 e. The summed E-state index contributed by atoms with van der Waals surface area (Å²) in [6.07, 6.45) is 2.95. The van der Waals surface area contributed by atoms with E-state index < -0.39 is 0 Å². The van der Waals surface area contributed by atoms with Crippen LogP contribution in [0, 0.1) is 0 Å². The molecule has 2 aliphatic heterocycles. The zero-order valence-corrected chi connectivity index (χ0v) is 16.0. The number of fused-ring (bicyclic) bond motifs is 1. The molecule has 0 radical (unpaired) electrons. The van der Waals surface area contributed by atoms with Crippen LogP contribution in [0.15, 0.2) is 76.3 Å². The molecule has 0 spiro atoms. The van der Waals surface area contributed by atoms with Crippen molar-refractivity contribution in [3.8, 4) is 11.3 Å². The normalized spacial score (nSPS) is 24.1. The van der Waals surface area contributed by atoms with Crippen LogP contribution < -0.4 is 0 Å². The molecule has 1 fully saturated rings. The van der Waals surface area contributed by atoms with Crippen LogP contribution >= 0.6 is 11.8 Å². The Hall–Kier alpha value is -2.53. The molecule has 2 aliphatic rings. The lowest BCUT2D eigenvalue weighted by molar-refractivity contribution is 0.226. The van der Waals surface area contributed by atoms with Gasteiger partial charge in [0.05, 0.1) is 5.69 Å². The molecular weight excluding hydrogens is 354 g/mol. The highest BCUT2D eigenvalue weighted by Gasteiger charge is 2.46. The molecule has 4 nitrogen and oxygen atoms in total. The number of furan rings is 1. The molecule has 0 amide bonds. The number of aliphatic imine (C=N–C) groups is 1.